The Labute approximate surface area is 112 Å². The van der Waals surface area contributed by atoms with Crippen molar-refractivity contribution in [3.8, 4) is 0 Å². The first-order chi connectivity index (χ1) is 9.24. The predicted octanol–water partition coefficient (Wildman–Crippen LogP) is 0.986. The lowest BCUT2D eigenvalue weighted by atomic mass is 10.3. The molecule has 0 spiro atoms. The van der Waals surface area contributed by atoms with Crippen molar-refractivity contribution in [2.24, 2.45) is 0 Å². The lowest BCUT2D eigenvalue weighted by Crippen LogP contribution is -2.34. The lowest BCUT2D eigenvalue weighted by Gasteiger charge is -2.15. The van der Waals surface area contributed by atoms with Gasteiger partial charge >= 0.3 is 0 Å². The lowest BCUT2D eigenvalue weighted by molar-refractivity contribution is -0.132. The molecule has 19 heavy (non-hydrogen) atoms. The monoisotopic (exact) mass is 262 g/mol. The summed E-state index contributed by atoms with van der Waals surface area (Å²) < 4.78 is 11.0. The van der Waals surface area contributed by atoms with Gasteiger partial charge in [0.05, 0.1) is 24.5 Å². The van der Waals surface area contributed by atoms with Crippen LogP contribution < -0.4 is 0 Å². The number of aromatic nitrogens is 1. The van der Waals surface area contributed by atoms with Crippen molar-refractivity contribution in [2.75, 3.05) is 13.1 Å². The molecule has 0 aliphatic carbocycles. The molecule has 2 fully saturated rings. The van der Waals surface area contributed by atoms with Gasteiger partial charge in [-0.15, -0.1) is 0 Å². The van der Waals surface area contributed by atoms with Crippen LogP contribution in [0.25, 0.3) is 0 Å². The van der Waals surface area contributed by atoms with Crippen LogP contribution in [0.1, 0.15) is 19.0 Å². The zero-order valence-electron chi connectivity index (χ0n) is 11.0. The third-order valence-electron chi connectivity index (χ3n) is 3.60. The molecule has 5 heteroatoms. The van der Waals surface area contributed by atoms with Gasteiger partial charge in [0, 0.05) is 19.3 Å². The number of likely N-dealkylation sites (tertiary alicyclic amines) is 1. The molecular weight excluding hydrogens is 244 g/mol. The van der Waals surface area contributed by atoms with Gasteiger partial charge in [-0.2, -0.15) is 0 Å². The highest BCUT2D eigenvalue weighted by Crippen LogP contribution is 2.25. The van der Waals surface area contributed by atoms with Crippen LogP contribution in [-0.4, -0.2) is 47.2 Å². The molecule has 1 aromatic heterocycles. The molecule has 2 aliphatic rings. The van der Waals surface area contributed by atoms with Crippen LogP contribution in [-0.2, 0) is 20.9 Å². The molecule has 0 aromatic carbocycles. The summed E-state index contributed by atoms with van der Waals surface area (Å²) >= 11 is 0. The Morgan fingerprint density at radius 3 is 3.11 bits per heavy atom. The maximum absolute atomic E-state index is 12.0. The van der Waals surface area contributed by atoms with E-state index in [1.165, 1.54) is 0 Å². The Morgan fingerprint density at radius 1 is 1.58 bits per heavy atom. The minimum absolute atomic E-state index is 0.0842. The number of epoxide rings is 1. The Morgan fingerprint density at radius 2 is 2.42 bits per heavy atom. The first kappa shape index (κ1) is 12.6. The molecule has 3 atom stereocenters. The number of rotatable bonds is 4. The fraction of sp³-hybridized carbons (Fsp3) is 0.571. The van der Waals surface area contributed by atoms with E-state index in [0.717, 1.165) is 18.7 Å². The second kappa shape index (κ2) is 5.27. The van der Waals surface area contributed by atoms with Crippen molar-refractivity contribution in [3.63, 3.8) is 0 Å². The van der Waals surface area contributed by atoms with Gasteiger partial charge in [0.25, 0.3) is 5.91 Å². The number of hydrogen-bond donors (Lipinski definition) is 0. The van der Waals surface area contributed by atoms with Gasteiger partial charge in [0.1, 0.15) is 0 Å². The average Bonchev–Trinajstić information content (AvgIpc) is 2.99. The molecule has 3 rings (SSSR count). The van der Waals surface area contributed by atoms with Crippen LogP contribution in [0.2, 0.25) is 0 Å². The van der Waals surface area contributed by atoms with Gasteiger partial charge in [0.2, 0.25) is 0 Å². The summed E-state index contributed by atoms with van der Waals surface area (Å²) in [4.78, 5) is 18.0. The molecule has 0 radical (unpaired) electrons. The van der Waals surface area contributed by atoms with E-state index in [2.05, 4.69) is 4.98 Å². The van der Waals surface area contributed by atoms with E-state index in [4.69, 9.17) is 9.47 Å². The van der Waals surface area contributed by atoms with Crippen molar-refractivity contribution in [1.29, 1.82) is 0 Å². The summed E-state index contributed by atoms with van der Waals surface area (Å²) in [6.45, 7) is 3.86. The topological polar surface area (TPSA) is 55.0 Å². The third kappa shape index (κ3) is 2.93. The van der Waals surface area contributed by atoms with Gasteiger partial charge in [-0.1, -0.05) is 6.07 Å². The summed E-state index contributed by atoms with van der Waals surface area (Å²) in [5, 5.41) is 0. The van der Waals surface area contributed by atoms with E-state index in [1.54, 1.807) is 6.20 Å². The van der Waals surface area contributed by atoms with Crippen LogP contribution >= 0.6 is 0 Å². The van der Waals surface area contributed by atoms with Gasteiger partial charge in [-0.25, -0.2) is 0 Å². The van der Waals surface area contributed by atoms with Crippen molar-refractivity contribution in [1.82, 2.24) is 9.88 Å². The minimum atomic E-state index is -0.213. The highest BCUT2D eigenvalue weighted by Gasteiger charge is 2.44. The van der Waals surface area contributed by atoms with E-state index in [0.29, 0.717) is 13.2 Å². The van der Waals surface area contributed by atoms with Crippen molar-refractivity contribution >= 4 is 5.91 Å². The summed E-state index contributed by atoms with van der Waals surface area (Å²) in [6, 6.07) is 5.77. The molecule has 0 saturated carbocycles. The molecular formula is C14H18N2O3. The fourth-order valence-electron chi connectivity index (χ4n) is 2.38. The van der Waals surface area contributed by atoms with Crippen molar-refractivity contribution < 1.29 is 14.3 Å². The number of pyridine rings is 1. The molecule has 1 amide bonds. The zero-order valence-corrected chi connectivity index (χ0v) is 11.0. The zero-order chi connectivity index (χ0) is 13.2. The first-order valence-corrected chi connectivity index (χ1v) is 6.70. The van der Waals surface area contributed by atoms with E-state index in [1.807, 2.05) is 30.0 Å². The van der Waals surface area contributed by atoms with E-state index in [-0.39, 0.29) is 24.2 Å². The molecule has 2 saturated heterocycles. The van der Waals surface area contributed by atoms with Crippen LogP contribution in [0.5, 0.6) is 0 Å². The normalized spacial score (nSPS) is 29.5. The van der Waals surface area contributed by atoms with Crippen LogP contribution in [0.4, 0.5) is 0 Å². The fourth-order valence-corrected chi connectivity index (χ4v) is 2.38. The summed E-state index contributed by atoms with van der Waals surface area (Å²) in [5.74, 6) is 0.108. The number of ether oxygens (including phenoxy) is 2. The molecule has 0 bridgehead atoms. The van der Waals surface area contributed by atoms with Crippen molar-refractivity contribution in [3.05, 3.63) is 30.1 Å². The Balaban J connectivity index is 1.46. The second-order valence-electron chi connectivity index (χ2n) is 5.09. The highest BCUT2D eigenvalue weighted by molar-refractivity contribution is 5.84. The Kier molecular flexibility index (Phi) is 3.48. The average molecular weight is 262 g/mol. The molecule has 102 valence electrons. The molecule has 1 aromatic rings. The van der Waals surface area contributed by atoms with Gasteiger partial charge in [-0.05, 0) is 25.5 Å². The number of carbonyl (C=O) groups excluding carboxylic acids is 1. The number of amides is 1. The molecule has 2 aliphatic heterocycles. The molecule has 0 N–H and O–H groups in total. The van der Waals surface area contributed by atoms with E-state index >= 15 is 0 Å². The van der Waals surface area contributed by atoms with Crippen LogP contribution in [0.3, 0.4) is 0 Å². The predicted molar refractivity (Wildman–Crippen MR) is 68.3 cm³/mol. The SMILES string of the molecule is C[C@@H]1O[C@H]1C(=O)N1CCC(OCc2ccccn2)C1. The van der Waals surface area contributed by atoms with Gasteiger partial charge < -0.3 is 14.4 Å². The summed E-state index contributed by atoms with van der Waals surface area (Å²) in [5.41, 5.74) is 0.923. The third-order valence-corrected chi connectivity index (χ3v) is 3.60. The number of carbonyl (C=O) groups is 1. The smallest absolute Gasteiger partial charge is 0.254 e. The maximum Gasteiger partial charge on any atom is 0.254 e. The minimum Gasteiger partial charge on any atom is -0.370 e. The van der Waals surface area contributed by atoms with Crippen molar-refractivity contribution in [2.45, 2.75) is 38.3 Å². The van der Waals surface area contributed by atoms with Crippen LogP contribution in [0.15, 0.2) is 24.4 Å². The maximum atomic E-state index is 12.0. The van der Waals surface area contributed by atoms with E-state index in [9.17, 15) is 4.79 Å². The highest BCUT2D eigenvalue weighted by atomic mass is 16.6. The summed E-state index contributed by atoms with van der Waals surface area (Å²) in [6.07, 6.45) is 2.63. The summed E-state index contributed by atoms with van der Waals surface area (Å²) in [7, 11) is 0. The van der Waals surface area contributed by atoms with Crippen LogP contribution in [0, 0.1) is 0 Å². The standard InChI is InChI=1S/C14H18N2O3/c1-10-13(19-10)14(17)16-7-5-12(8-16)18-9-11-4-2-3-6-15-11/h2-4,6,10,12-13H,5,7-9H2,1H3/t10-,12?,13+/m0/s1. The number of hydrogen-bond acceptors (Lipinski definition) is 4. The molecule has 5 nitrogen and oxygen atoms in total. The second-order valence-corrected chi connectivity index (χ2v) is 5.09. The van der Waals surface area contributed by atoms with Gasteiger partial charge in [-0.3, -0.25) is 9.78 Å². The van der Waals surface area contributed by atoms with Gasteiger partial charge in [0.15, 0.2) is 6.10 Å². The Hall–Kier alpha value is -1.46. The molecule has 3 heterocycles. The number of nitrogens with zero attached hydrogens (tertiary/aromatic N) is 2. The van der Waals surface area contributed by atoms with E-state index < -0.39 is 0 Å². The molecule has 1 unspecified atom stereocenters. The Bertz CT molecular complexity index is 451. The quantitative estimate of drug-likeness (QED) is 0.759. The largest absolute Gasteiger partial charge is 0.370 e. The first-order valence-electron chi connectivity index (χ1n) is 6.70.